The average molecular weight is 476 g/mol. The van der Waals surface area contributed by atoms with Crippen molar-refractivity contribution in [2.45, 2.75) is 50.0 Å². The highest BCUT2D eigenvalue weighted by Crippen LogP contribution is 2.39. The van der Waals surface area contributed by atoms with E-state index in [0.717, 1.165) is 53.8 Å². The summed E-state index contributed by atoms with van der Waals surface area (Å²) in [5, 5.41) is 11.7. The van der Waals surface area contributed by atoms with Gasteiger partial charge in [-0.1, -0.05) is 0 Å². The van der Waals surface area contributed by atoms with Crippen molar-refractivity contribution in [3.63, 3.8) is 0 Å². The van der Waals surface area contributed by atoms with Gasteiger partial charge < -0.3 is 24.7 Å². The van der Waals surface area contributed by atoms with Crippen LogP contribution in [0.5, 0.6) is 0 Å². The number of hydrogen-bond donors (Lipinski definition) is 2. The molecule has 182 valence electrons. The quantitative estimate of drug-likeness (QED) is 0.423. The number of nitrogens with zero attached hydrogens (tertiary/aromatic N) is 5. The zero-order valence-corrected chi connectivity index (χ0v) is 20.1. The fraction of sp³-hybridized carbons (Fsp3) is 0.440. The first-order chi connectivity index (χ1) is 17.1. The van der Waals surface area contributed by atoms with Crippen LogP contribution in [0.4, 0.5) is 5.82 Å². The predicted octanol–water partition coefficient (Wildman–Crippen LogP) is 3.04. The van der Waals surface area contributed by atoms with Crippen LogP contribution in [0.3, 0.4) is 0 Å². The van der Waals surface area contributed by atoms with Crippen LogP contribution in [0.1, 0.15) is 42.1 Å². The van der Waals surface area contributed by atoms with E-state index in [1.54, 1.807) is 24.9 Å². The molecule has 2 atom stereocenters. The van der Waals surface area contributed by atoms with Crippen molar-refractivity contribution in [2.24, 2.45) is 0 Å². The van der Waals surface area contributed by atoms with Crippen molar-refractivity contribution in [2.75, 3.05) is 26.6 Å². The minimum absolute atomic E-state index is 0.0110. The molecule has 2 aliphatic carbocycles. The number of nitrogens with one attached hydrogen (secondary N) is 2. The first kappa shape index (κ1) is 22.0. The molecule has 1 amide bonds. The van der Waals surface area contributed by atoms with E-state index >= 15 is 0 Å². The minimum atomic E-state index is -0.192. The van der Waals surface area contributed by atoms with E-state index in [9.17, 15) is 4.79 Å². The Labute approximate surface area is 202 Å². The molecule has 2 saturated carbocycles. The van der Waals surface area contributed by atoms with Crippen LogP contribution < -0.4 is 10.6 Å². The van der Waals surface area contributed by atoms with E-state index in [-0.39, 0.29) is 24.2 Å². The normalized spacial score (nSPS) is 23.7. The Hall–Kier alpha value is -3.50. The Morgan fingerprint density at radius 3 is 2.74 bits per heavy atom. The van der Waals surface area contributed by atoms with Gasteiger partial charge in [-0.2, -0.15) is 9.61 Å². The number of pyridine rings is 1. The highest BCUT2D eigenvalue weighted by molar-refractivity contribution is 6.01. The molecule has 0 aromatic carbocycles. The van der Waals surface area contributed by atoms with Gasteiger partial charge >= 0.3 is 0 Å². The molecule has 10 nitrogen and oxygen atoms in total. The number of carbonyl (C=O) groups excluding carboxylic acids is 1. The van der Waals surface area contributed by atoms with Crippen LogP contribution in [0, 0.1) is 0 Å². The molecule has 10 heteroatoms. The van der Waals surface area contributed by atoms with E-state index < -0.39 is 0 Å². The van der Waals surface area contributed by atoms with Crippen molar-refractivity contribution >= 4 is 28.4 Å². The molecule has 1 unspecified atom stereocenters. The third kappa shape index (κ3) is 3.55. The van der Waals surface area contributed by atoms with Gasteiger partial charge in [0.2, 0.25) is 0 Å². The number of methoxy groups -OCH3 is 2. The largest absolute Gasteiger partial charge is 0.381 e. The molecule has 4 aromatic rings. The number of carbonyl (C=O) groups is 1. The fourth-order valence-electron chi connectivity index (χ4n) is 5.12. The molecule has 2 N–H and O–H groups in total. The van der Waals surface area contributed by atoms with Gasteiger partial charge in [0, 0.05) is 56.7 Å². The van der Waals surface area contributed by atoms with Crippen LogP contribution in [-0.2, 0) is 9.47 Å². The second-order valence-electron chi connectivity index (χ2n) is 9.31. The first-order valence-corrected chi connectivity index (χ1v) is 12.0. The summed E-state index contributed by atoms with van der Waals surface area (Å²) < 4.78 is 14.8. The number of amides is 1. The van der Waals surface area contributed by atoms with Gasteiger partial charge in [0.25, 0.3) is 5.91 Å². The summed E-state index contributed by atoms with van der Waals surface area (Å²) in [6, 6.07) is 6.31. The molecule has 0 radical (unpaired) electrons. The summed E-state index contributed by atoms with van der Waals surface area (Å²) in [4.78, 5) is 22.7. The molecular weight excluding hydrogens is 446 g/mol. The second-order valence-corrected chi connectivity index (χ2v) is 9.31. The van der Waals surface area contributed by atoms with Gasteiger partial charge in [0.1, 0.15) is 17.0 Å². The van der Waals surface area contributed by atoms with E-state index in [1.165, 1.54) is 0 Å². The maximum absolute atomic E-state index is 13.1. The molecule has 6 rings (SSSR count). The summed E-state index contributed by atoms with van der Waals surface area (Å²) in [5.74, 6) is 0.554. The van der Waals surface area contributed by atoms with E-state index in [2.05, 4.69) is 37.5 Å². The molecular formula is C25H29N7O3. The fourth-order valence-corrected chi connectivity index (χ4v) is 5.12. The number of hydrogen-bond acceptors (Lipinski definition) is 7. The summed E-state index contributed by atoms with van der Waals surface area (Å²) in [5.41, 5.74) is 3.60. The number of ether oxygens (including phenoxy) is 2. The number of aromatic nitrogens is 5. The molecule has 0 aliphatic heterocycles. The molecule has 0 bridgehead atoms. The lowest BCUT2D eigenvalue weighted by Crippen LogP contribution is -2.51. The highest BCUT2D eigenvalue weighted by Gasteiger charge is 2.34. The van der Waals surface area contributed by atoms with Gasteiger partial charge in [0.05, 0.1) is 30.1 Å². The lowest BCUT2D eigenvalue weighted by atomic mass is 9.89. The maximum Gasteiger partial charge on any atom is 0.257 e. The van der Waals surface area contributed by atoms with E-state index in [4.69, 9.17) is 14.5 Å². The van der Waals surface area contributed by atoms with Crippen LogP contribution >= 0.6 is 0 Å². The first-order valence-electron chi connectivity index (χ1n) is 12.0. The van der Waals surface area contributed by atoms with Crippen LogP contribution in [0.2, 0.25) is 0 Å². The highest BCUT2D eigenvalue weighted by atomic mass is 16.5. The van der Waals surface area contributed by atoms with Crippen LogP contribution in [0.25, 0.3) is 27.9 Å². The van der Waals surface area contributed by atoms with Gasteiger partial charge in [-0.3, -0.25) is 4.79 Å². The van der Waals surface area contributed by atoms with Crippen LogP contribution in [-0.4, -0.2) is 69.6 Å². The molecule has 0 spiro atoms. The third-order valence-corrected chi connectivity index (χ3v) is 7.47. The summed E-state index contributed by atoms with van der Waals surface area (Å²) >= 11 is 0. The van der Waals surface area contributed by atoms with Crippen molar-refractivity contribution in [1.29, 1.82) is 0 Å². The van der Waals surface area contributed by atoms with E-state index in [0.29, 0.717) is 17.3 Å². The number of fused-ring (bicyclic) bond motifs is 2. The van der Waals surface area contributed by atoms with E-state index in [1.807, 2.05) is 25.4 Å². The Kier molecular flexibility index (Phi) is 5.42. The SMILES string of the molecule is CNc1cc(-c2cn(C3CC(OC)C3)c3ncccc23)nc2c(C(=O)NC3CC[C@@H]3OC)cnn12. The van der Waals surface area contributed by atoms with Crippen molar-refractivity contribution in [3.8, 4) is 11.3 Å². The second kappa shape index (κ2) is 8.62. The molecule has 4 heterocycles. The average Bonchev–Trinajstić information content (AvgIpc) is 3.43. The summed E-state index contributed by atoms with van der Waals surface area (Å²) in [6.07, 6.45) is 9.64. The molecule has 2 aliphatic rings. The maximum atomic E-state index is 13.1. The van der Waals surface area contributed by atoms with Gasteiger partial charge in [0.15, 0.2) is 5.65 Å². The van der Waals surface area contributed by atoms with Gasteiger partial charge in [-0.05, 0) is 37.8 Å². The van der Waals surface area contributed by atoms with Crippen molar-refractivity contribution in [1.82, 2.24) is 29.5 Å². The zero-order chi connectivity index (χ0) is 24.1. The zero-order valence-electron chi connectivity index (χ0n) is 20.1. The Balaban J connectivity index is 1.42. The number of rotatable bonds is 7. The number of anilines is 1. The smallest absolute Gasteiger partial charge is 0.257 e. The Bertz CT molecular complexity index is 1400. The van der Waals surface area contributed by atoms with Gasteiger partial charge in [-0.15, -0.1) is 0 Å². The van der Waals surface area contributed by atoms with Crippen molar-refractivity contribution < 1.29 is 14.3 Å². The molecule has 35 heavy (non-hydrogen) atoms. The minimum Gasteiger partial charge on any atom is -0.381 e. The monoisotopic (exact) mass is 475 g/mol. The van der Waals surface area contributed by atoms with Crippen molar-refractivity contribution in [3.05, 3.63) is 42.4 Å². The van der Waals surface area contributed by atoms with Crippen LogP contribution in [0.15, 0.2) is 36.8 Å². The Morgan fingerprint density at radius 2 is 2.03 bits per heavy atom. The summed E-state index contributed by atoms with van der Waals surface area (Å²) in [7, 11) is 5.27. The predicted molar refractivity (Wildman–Crippen MR) is 132 cm³/mol. The standard InChI is InChI=1S/C25H29N7O3/c1-26-22-11-20(18-13-31(14-9-15(10-14)34-2)23-16(18)5-4-8-27-23)29-24-17(12-28-32(22)24)25(33)30-19-6-7-21(19)35-3/h4-5,8,11-15,19,21,26H,6-7,9-10H2,1-3H3,(H,30,33)/t14?,15?,19?,21-/m0/s1. The lowest BCUT2D eigenvalue weighted by molar-refractivity contribution is 0.00731. The topological polar surface area (TPSA) is 108 Å². The Morgan fingerprint density at radius 1 is 1.17 bits per heavy atom. The third-order valence-electron chi connectivity index (χ3n) is 7.47. The lowest BCUT2D eigenvalue weighted by Gasteiger charge is -2.35. The summed E-state index contributed by atoms with van der Waals surface area (Å²) in [6.45, 7) is 0. The molecule has 2 fully saturated rings. The molecule has 0 saturated heterocycles. The van der Waals surface area contributed by atoms with Gasteiger partial charge in [-0.25, -0.2) is 9.97 Å². The molecule has 4 aromatic heterocycles.